The van der Waals surface area contributed by atoms with Crippen molar-refractivity contribution >= 4 is 17.3 Å². The van der Waals surface area contributed by atoms with Gasteiger partial charge in [-0.1, -0.05) is 6.07 Å². The van der Waals surface area contributed by atoms with Crippen LogP contribution < -0.4 is 16.2 Å². The van der Waals surface area contributed by atoms with E-state index in [9.17, 15) is 4.79 Å². The van der Waals surface area contributed by atoms with Gasteiger partial charge in [-0.2, -0.15) is 0 Å². The van der Waals surface area contributed by atoms with Crippen LogP contribution in [-0.2, 0) is 0 Å². The Morgan fingerprint density at radius 1 is 1.05 bits per heavy atom. The van der Waals surface area contributed by atoms with Gasteiger partial charge in [0, 0.05) is 24.0 Å². The molecule has 2 aromatic rings. The van der Waals surface area contributed by atoms with Gasteiger partial charge in [-0.15, -0.1) is 0 Å². The summed E-state index contributed by atoms with van der Waals surface area (Å²) in [5.41, 5.74) is 8.13. The average molecular weight is 283 g/mol. The lowest BCUT2D eigenvalue weighted by molar-refractivity contribution is 0.0992. The van der Waals surface area contributed by atoms with Gasteiger partial charge in [0.1, 0.15) is 0 Å². The monoisotopic (exact) mass is 283 g/mol. The van der Waals surface area contributed by atoms with Crippen LogP contribution in [0, 0.1) is 20.8 Å². The summed E-state index contributed by atoms with van der Waals surface area (Å²) in [7, 11) is 1.80. The summed E-state index contributed by atoms with van der Waals surface area (Å²) >= 11 is 0. The second kappa shape index (κ2) is 5.97. The third-order valence-corrected chi connectivity index (χ3v) is 3.52. The molecule has 0 aliphatic heterocycles. The summed E-state index contributed by atoms with van der Waals surface area (Å²) in [6, 6.07) is 11.6. The van der Waals surface area contributed by atoms with E-state index in [1.54, 1.807) is 24.1 Å². The first-order valence-electron chi connectivity index (χ1n) is 6.86. The van der Waals surface area contributed by atoms with Crippen molar-refractivity contribution in [1.29, 1.82) is 0 Å². The first-order chi connectivity index (χ1) is 9.92. The van der Waals surface area contributed by atoms with Crippen molar-refractivity contribution in [2.45, 2.75) is 20.8 Å². The number of hydrogen-bond acceptors (Lipinski definition) is 3. The Morgan fingerprint density at radius 2 is 1.67 bits per heavy atom. The lowest BCUT2D eigenvalue weighted by atomic mass is 10.1. The van der Waals surface area contributed by atoms with E-state index in [1.807, 2.05) is 39.0 Å². The van der Waals surface area contributed by atoms with E-state index >= 15 is 0 Å². The van der Waals surface area contributed by atoms with Gasteiger partial charge in [-0.25, -0.2) is 0 Å². The maximum absolute atomic E-state index is 12.7. The van der Waals surface area contributed by atoms with E-state index in [4.69, 9.17) is 5.84 Å². The van der Waals surface area contributed by atoms with Crippen LogP contribution in [-0.4, -0.2) is 13.0 Å². The summed E-state index contributed by atoms with van der Waals surface area (Å²) in [5, 5.41) is 0. The van der Waals surface area contributed by atoms with Gasteiger partial charge in [0.05, 0.1) is 0 Å². The number of rotatable bonds is 3. The van der Waals surface area contributed by atoms with Crippen molar-refractivity contribution in [3.05, 3.63) is 58.7 Å². The van der Waals surface area contributed by atoms with E-state index in [1.165, 1.54) is 0 Å². The second-order valence-corrected chi connectivity index (χ2v) is 5.38. The van der Waals surface area contributed by atoms with E-state index in [0.29, 0.717) is 5.56 Å². The molecule has 4 heteroatoms. The van der Waals surface area contributed by atoms with Crippen LogP contribution in [0.15, 0.2) is 36.4 Å². The molecule has 0 fully saturated rings. The zero-order valence-electron chi connectivity index (χ0n) is 12.9. The van der Waals surface area contributed by atoms with Gasteiger partial charge >= 0.3 is 0 Å². The van der Waals surface area contributed by atoms with Crippen molar-refractivity contribution in [2.24, 2.45) is 5.84 Å². The third-order valence-electron chi connectivity index (χ3n) is 3.52. The Morgan fingerprint density at radius 3 is 2.19 bits per heavy atom. The number of nitrogens with two attached hydrogens (primary N) is 1. The molecule has 0 aliphatic rings. The quantitative estimate of drug-likeness (QED) is 0.672. The molecule has 0 spiro atoms. The number of carbonyl (C=O) groups excluding carboxylic acids is 1. The number of nitrogens with zero attached hydrogens (tertiary/aromatic N) is 1. The third kappa shape index (κ3) is 3.23. The molecule has 2 rings (SSSR count). The summed E-state index contributed by atoms with van der Waals surface area (Å²) < 4.78 is 0. The number of aryl methyl sites for hydroxylation is 3. The lowest BCUT2D eigenvalue weighted by Gasteiger charge is -2.20. The van der Waals surface area contributed by atoms with Gasteiger partial charge in [-0.3, -0.25) is 10.6 Å². The highest BCUT2D eigenvalue weighted by molar-refractivity contribution is 6.07. The first-order valence-corrected chi connectivity index (χ1v) is 6.86. The van der Waals surface area contributed by atoms with Gasteiger partial charge in [-0.05, 0) is 67.8 Å². The number of hydrogen-bond donors (Lipinski definition) is 2. The second-order valence-electron chi connectivity index (χ2n) is 5.38. The molecule has 0 aliphatic carbocycles. The largest absolute Gasteiger partial charge is 0.324 e. The van der Waals surface area contributed by atoms with E-state index in [2.05, 4.69) is 11.5 Å². The Labute approximate surface area is 125 Å². The molecule has 2 aromatic carbocycles. The van der Waals surface area contributed by atoms with Gasteiger partial charge in [0.15, 0.2) is 0 Å². The lowest BCUT2D eigenvalue weighted by Crippen LogP contribution is -2.27. The fourth-order valence-electron chi connectivity index (χ4n) is 2.44. The zero-order valence-corrected chi connectivity index (χ0v) is 12.9. The predicted octanol–water partition coefficient (Wildman–Crippen LogP) is 3.17. The molecule has 21 heavy (non-hydrogen) atoms. The van der Waals surface area contributed by atoms with Crippen LogP contribution in [0.5, 0.6) is 0 Å². The zero-order chi connectivity index (χ0) is 15.6. The number of amides is 1. The standard InChI is InChI=1S/C17H21N3O/c1-11-7-12(2)9-15(8-11)20(4)17(21)16-6-5-14(19-18)10-13(16)3/h5-10,19H,18H2,1-4H3. The molecule has 0 saturated carbocycles. The molecule has 0 radical (unpaired) electrons. The molecular weight excluding hydrogens is 262 g/mol. The number of hydrazine groups is 1. The number of carbonyl (C=O) groups is 1. The number of anilines is 2. The van der Waals surface area contributed by atoms with E-state index < -0.39 is 0 Å². The average Bonchev–Trinajstić information content (AvgIpc) is 2.44. The fourth-order valence-corrected chi connectivity index (χ4v) is 2.44. The van der Waals surface area contributed by atoms with E-state index in [0.717, 1.165) is 28.1 Å². The summed E-state index contributed by atoms with van der Waals surface area (Å²) in [6.07, 6.45) is 0. The SMILES string of the molecule is Cc1cc(C)cc(N(C)C(=O)c2ccc(NN)cc2C)c1. The molecule has 3 N–H and O–H groups in total. The van der Waals surface area contributed by atoms with Crippen molar-refractivity contribution in [3.8, 4) is 0 Å². The van der Waals surface area contributed by atoms with Crippen molar-refractivity contribution in [2.75, 3.05) is 17.4 Å². The topological polar surface area (TPSA) is 58.4 Å². The molecule has 4 nitrogen and oxygen atoms in total. The highest BCUT2D eigenvalue weighted by Gasteiger charge is 2.16. The fraction of sp³-hybridized carbons (Fsp3) is 0.235. The molecule has 0 unspecified atom stereocenters. The van der Waals surface area contributed by atoms with Crippen LogP contribution >= 0.6 is 0 Å². The molecule has 0 atom stereocenters. The number of benzene rings is 2. The Bertz CT molecular complexity index is 659. The predicted molar refractivity (Wildman–Crippen MR) is 87.6 cm³/mol. The Kier molecular flexibility index (Phi) is 4.29. The van der Waals surface area contributed by atoms with Crippen LogP contribution in [0.1, 0.15) is 27.0 Å². The van der Waals surface area contributed by atoms with Crippen molar-refractivity contribution < 1.29 is 4.79 Å². The normalized spacial score (nSPS) is 10.3. The minimum atomic E-state index is -0.0268. The first kappa shape index (κ1) is 15.1. The van der Waals surface area contributed by atoms with Crippen molar-refractivity contribution in [3.63, 3.8) is 0 Å². The molecule has 1 amide bonds. The highest BCUT2D eigenvalue weighted by Crippen LogP contribution is 2.22. The summed E-state index contributed by atoms with van der Waals surface area (Å²) in [4.78, 5) is 14.3. The maximum atomic E-state index is 12.7. The van der Waals surface area contributed by atoms with Crippen LogP contribution in [0.3, 0.4) is 0 Å². The Balaban J connectivity index is 2.34. The minimum Gasteiger partial charge on any atom is -0.324 e. The molecule has 110 valence electrons. The molecule has 0 aromatic heterocycles. The van der Waals surface area contributed by atoms with Gasteiger partial charge in [0.2, 0.25) is 0 Å². The van der Waals surface area contributed by atoms with Crippen LogP contribution in [0.25, 0.3) is 0 Å². The van der Waals surface area contributed by atoms with Gasteiger partial charge in [0.25, 0.3) is 5.91 Å². The molecule has 0 bridgehead atoms. The smallest absolute Gasteiger partial charge is 0.258 e. The molecular formula is C17H21N3O. The van der Waals surface area contributed by atoms with Gasteiger partial charge < -0.3 is 10.3 Å². The number of nitrogen functional groups attached to an aromatic ring is 1. The number of nitrogens with one attached hydrogen (secondary N) is 1. The summed E-state index contributed by atoms with van der Waals surface area (Å²) in [6.45, 7) is 5.97. The molecule has 0 saturated heterocycles. The molecule has 0 heterocycles. The van der Waals surface area contributed by atoms with Crippen LogP contribution in [0.2, 0.25) is 0 Å². The van der Waals surface area contributed by atoms with Crippen molar-refractivity contribution in [1.82, 2.24) is 0 Å². The van der Waals surface area contributed by atoms with E-state index in [-0.39, 0.29) is 5.91 Å². The Hall–Kier alpha value is -2.33. The highest BCUT2D eigenvalue weighted by atomic mass is 16.2. The summed E-state index contributed by atoms with van der Waals surface area (Å²) in [5.74, 6) is 5.36. The minimum absolute atomic E-state index is 0.0268. The maximum Gasteiger partial charge on any atom is 0.258 e. The van der Waals surface area contributed by atoms with Crippen LogP contribution in [0.4, 0.5) is 11.4 Å².